The molecule has 1 amide bonds. The second kappa shape index (κ2) is 7.89. The Kier molecular flexibility index (Phi) is 5.28. The largest absolute Gasteiger partial charge is 0.462 e. The highest BCUT2D eigenvalue weighted by atomic mass is 16.7. The standard InChI is InChI=1S/C23H25NO6/c1-23(2,3)30-22(26)24-17(11-15-9-10-19-20(12-15)29-14-28-19)21(25)27-13-18(24)16-7-5-4-6-8-16/h4-10,12,17-18H,11,13-14H2,1-3H3/t17-,18+/m1/s1. The van der Waals surface area contributed by atoms with Crippen molar-refractivity contribution in [3.8, 4) is 11.5 Å². The lowest BCUT2D eigenvalue weighted by atomic mass is 9.98. The summed E-state index contributed by atoms with van der Waals surface area (Å²) in [7, 11) is 0. The third-order valence-electron chi connectivity index (χ3n) is 4.98. The Morgan fingerprint density at radius 3 is 2.53 bits per heavy atom. The molecule has 0 radical (unpaired) electrons. The maximum atomic E-state index is 13.2. The van der Waals surface area contributed by atoms with Gasteiger partial charge in [-0.25, -0.2) is 9.59 Å². The number of hydrogen-bond acceptors (Lipinski definition) is 6. The number of amides is 1. The van der Waals surface area contributed by atoms with Gasteiger partial charge in [-0.15, -0.1) is 0 Å². The van der Waals surface area contributed by atoms with Gasteiger partial charge < -0.3 is 18.9 Å². The highest BCUT2D eigenvalue weighted by molar-refractivity contribution is 5.83. The van der Waals surface area contributed by atoms with Gasteiger partial charge in [0.25, 0.3) is 0 Å². The van der Waals surface area contributed by atoms with Gasteiger partial charge >= 0.3 is 12.1 Å². The van der Waals surface area contributed by atoms with Gasteiger partial charge in [0.15, 0.2) is 11.5 Å². The Hall–Kier alpha value is -3.22. The fourth-order valence-electron chi connectivity index (χ4n) is 3.64. The van der Waals surface area contributed by atoms with Crippen molar-refractivity contribution in [2.75, 3.05) is 13.4 Å². The second-order valence-corrected chi connectivity index (χ2v) is 8.35. The van der Waals surface area contributed by atoms with Crippen molar-refractivity contribution in [2.45, 2.75) is 44.9 Å². The molecule has 0 saturated carbocycles. The quantitative estimate of drug-likeness (QED) is 0.714. The monoisotopic (exact) mass is 411 g/mol. The third kappa shape index (κ3) is 4.20. The predicted octanol–water partition coefficient (Wildman–Crippen LogP) is 3.86. The summed E-state index contributed by atoms with van der Waals surface area (Å²) in [5.41, 5.74) is 1.03. The summed E-state index contributed by atoms with van der Waals surface area (Å²) >= 11 is 0. The van der Waals surface area contributed by atoms with Crippen LogP contribution in [-0.4, -0.2) is 42.0 Å². The number of esters is 1. The number of carbonyl (C=O) groups is 2. The van der Waals surface area contributed by atoms with E-state index in [0.29, 0.717) is 11.5 Å². The Morgan fingerprint density at radius 1 is 1.07 bits per heavy atom. The van der Waals surface area contributed by atoms with Crippen molar-refractivity contribution in [3.05, 3.63) is 59.7 Å². The molecule has 2 aromatic carbocycles. The summed E-state index contributed by atoms with van der Waals surface area (Å²) in [6, 6.07) is 13.8. The molecule has 0 aromatic heterocycles. The number of fused-ring (bicyclic) bond motifs is 1. The molecule has 2 aromatic rings. The molecule has 2 aliphatic heterocycles. The molecule has 1 saturated heterocycles. The number of carbonyl (C=O) groups excluding carboxylic acids is 2. The Balaban J connectivity index is 1.67. The van der Waals surface area contributed by atoms with Crippen molar-refractivity contribution in [2.24, 2.45) is 0 Å². The molecule has 0 unspecified atom stereocenters. The van der Waals surface area contributed by atoms with Crippen LogP contribution in [0.4, 0.5) is 4.79 Å². The van der Waals surface area contributed by atoms with Gasteiger partial charge in [-0.05, 0) is 44.0 Å². The summed E-state index contributed by atoms with van der Waals surface area (Å²) in [6.45, 7) is 5.66. The number of benzene rings is 2. The zero-order valence-corrected chi connectivity index (χ0v) is 17.3. The average Bonchev–Trinajstić information content (AvgIpc) is 3.16. The number of cyclic esters (lactones) is 1. The van der Waals surface area contributed by atoms with Gasteiger partial charge in [-0.2, -0.15) is 0 Å². The van der Waals surface area contributed by atoms with Crippen LogP contribution in [0.1, 0.15) is 37.9 Å². The zero-order valence-electron chi connectivity index (χ0n) is 17.3. The molecule has 1 fully saturated rings. The first kappa shape index (κ1) is 20.1. The topological polar surface area (TPSA) is 74.3 Å². The molecule has 2 heterocycles. The lowest BCUT2D eigenvalue weighted by Gasteiger charge is -2.41. The fraction of sp³-hybridized carbons (Fsp3) is 0.391. The molecular weight excluding hydrogens is 386 g/mol. The lowest BCUT2D eigenvalue weighted by Crippen LogP contribution is -2.55. The summed E-state index contributed by atoms with van der Waals surface area (Å²) < 4.78 is 21.9. The maximum Gasteiger partial charge on any atom is 0.411 e. The van der Waals surface area contributed by atoms with E-state index in [-0.39, 0.29) is 19.8 Å². The molecule has 7 heteroatoms. The molecule has 2 aliphatic rings. The highest BCUT2D eigenvalue weighted by Gasteiger charge is 2.43. The minimum atomic E-state index is -0.820. The first-order valence-electron chi connectivity index (χ1n) is 9.93. The summed E-state index contributed by atoms with van der Waals surface area (Å²) in [4.78, 5) is 27.5. The molecule has 0 aliphatic carbocycles. The van der Waals surface area contributed by atoms with Crippen molar-refractivity contribution in [1.82, 2.24) is 4.90 Å². The smallest absolute Gasteiger partial charge is 0.411 e. The van der Waals surface area contributed by atoms with Gasteiger partial charge in [-0.1, -0.05) is 36.4 Å². The average molecular weight is 411 g/mol. The van der Waals surface area contributed by atoms with Crippen molar-refractivity contribution in [3.63, 3.8) is 0 Å². The molecule has 0 N–H and O–H groups in total. The van der Waals surface area contributed by atoms with Gasteiger partial charge in [0.1, 0.15) is 18.2 Å². The molecule has 30 heavy (non-hydrogen) atoms. The summed E-state index contributed by atoms with van der Waals surface area (Å²) in [5.74, 6) is 0.835. The van der Waals surface area contributed by atoms with E-state index >= 15 is 0 Å². The first-order valence-corrected chi connectivity index (χ1v) is 9.93. The van der Waals surface area contributed by atoms with Crippen molar-refractivity contribution in [1.29, 1.82) is 0 Å². The SMILES string of the molecule is CC(C)(C)OC(=O)N1[C@H](Cc2ccc3c(c2)OCO3)C(=O)OC[C@H]1c1ccccc1. The van der Waals surface area contributed by atoms with E-state index in [0.717, 1.165) is 11.1 Å². The van der Waals surface area contributed by atoms with E-state index in [1.807, 2.05) is 42.5 Å². The normalized spacial score (nSPS) is 20.6. The fourth-order valence-corrected chi connectivity index (χ4v) is 3.64. The van der Waals surface area contributed by atoms with Crippen LogP contribution < -0.4 is 9.47 Å². The molecule has 158 valence electrons. The van der Waals surface area contributed by atoms with Crippen LogP contribution >= 0.6 is 0 Å². The summed E-state index contributed by atoms with van der Waals surface area (Å²) in [6.07, 6.45) is -0.267. The molecule has 4 rings (SSSR count). The van der Waals surface area contributed by atoms with Crippen LogP contribution in [0.5, 0.6) is 11.5 Å². The maximum absolute atomic E-state index is 13.2. The van der Waals surface area contributed by atoms with Crippen LogP contribution in [0.2, 0.25) is 0 Å². The number of ether oxygens (including phenoxy) is 4. The zero-order chi connectivity index (χ0) is 21.3. The predicted molar refractivity (Wildman–Crippen MR) is 108 cm³/mol. The van der Waals surface area contributed by atoms with E-state index in [1.165, 1.54) is 4.90 Å². The lowest BCUT2D eigenvalue weighted by molar-refractivity contribution is -0.161. The molecule has 0 bridgehead atoms. The summed E-state index contributed by atoms with van der Waals surface area (Å²) in [5, 5.41) is 0. The van der Waals surface area contributed by atoms with Crippen LogP contribution in [0.25, 0.3) is 0 Å². The van der Waals surface area contributed by atoms with Gasteiger partial charge in [-0.3, -0.25) is 4.90 Å². The second-order valence-electron chi connectivity index (χ2n) is 8.35. The van der Waals surface area contributed by atoms with E-state index in [9.17, 15) is 9.59 Å². The van der Waals surface area contributed by atoms with Gasteiger partial charge in [0.2, 0.25) is 6.79 Å². The minimum absolute atomic E-state index is 0.0831. The number of hydrogen-bond donors (Lipinski definition) is 0. The van der Waals surface area contributed by atoms with Gasteiger partial charge in [0.05, 0.1) is 6.04 Å². The van der Waals surface area contributed by atoms with Crippen LogP contribution in [-0.2, 0) is 20.7 Å². The highest BCUT2D eigenvalue weighted by Crippen LogP contribution is 2.35. The van der Waals surface area contributed by atoms with E-state index < -0.39 is 29.7 Å². The number of nitrogens with zero attached hydrogens (tertiary/aromatic N) is 1. The Morgan fingerprint density at radius 2 is 1.80 bits per heavy atom. The van der Waals surface area contributed by atoms with Crippen LogP contribution in [0, 0.1) is 0 Å². The molecule has 2 atom stereocenters. The minimum Gasteiger partial charge on any atom is -0.462 e. The third-order valence-corrected chi connectivity index (χ3v) is 4.98. The van der Waals surface area contributed by atoms with E-state index in [1.54, 1.807) is 26.8 Å². The van der Waals surface area contributed by atoms with E-state index in [2.05, 4.69) is 0 Å². The molecule has 0 spiro atoms. The Labute approximate surface area is 175 Å². The Bertz CT molecular complexity index is 936. The van der Waals surface area contributed by atoms with Crippen LogP contribution in [0.15, 0.2) is 48.5 Å². The van der Waals surface area contributed by atoms with Gasteiger partial charge in [0, 0.05) is 6.42 Å². The number of rotatable bonds is 3. The van der Waals surface area contributed by atoms with E-state index in [4.69, 9.17) is 18.9 Å². The van der Waals surface area contributed by atoms with Crippen molar-refractivity contribution >= 4 is 12.1 Å². The van der Waals surface area contributed by atoms with Crippen molar-refractivity contribution < 1.29 is 28.5 Å². The molecular formula is C23H25NO6. The number of morpholine rings is 1. The van der Waals surface area contributed by atoms with Crippen LogP contribution in [0.3, 0.4) is 0 Å². The molecule has 7 nitrogen and oxygen atoms in total. The first-order chi connectivity index (χ1) is 14.3.